The first kappa shape index (κ1) is 23.4. The number of carbonyl (C=O) groups excluding carboxylic acids is 1. The van der Waals surface area contributed by atoms with Crippen molar-refractivity contribution >= 4 is 17.4 Å². The number of hydrogen-bond acceptors (Lipinski definition) is 5. The fourth-order valence-electron chi connectivity index (χ4n) is 5.39. The highest BCUT2D eigenvalue weighted by molar-refractivity contribution is 5.97. The topological polar surface area (TPSA) is 74.5 Å². The highest BCUT2D eigenvalue weighted by atomic mass is 16.1. The van der Waals surface area contributed by atoms with Crippen molar-refractivity contribution in [2.45, 2.75) is 32.7 Å². The second-order valence-electron chi connectivity index (χ2n) is 10.3. The molecule has 1 amide bonds. The van der Waals surface area contributed by atoms with Gasteiger partial charge in [0, 0.05) is 60.8 Å². The van der Waals surface area contributed by atoms with Gasteiger partial charge in [0.05, 0.1) is 0 Å². The fourth-order valence-corrected chi connectivity index (χ4v) is 5.39. The molecule has 3 aromatic rings. The smallest absolute Gasteiger partial charge is 0.251 e. The van der Waals surface area contributed by atoms with Crippen LogP contribution in [0.3, 0.4) is 0 Å². The zero-order valence-corrected chi connectivity index (χ0v) is 20.9. The van der Waals surface area contributed by atoms with Crippen LogP contribution in [0.4, 0.5) is 11.5 Å². The van der Waals surface area contributed by atoms with Gasteiger partial charge in [-0.3, -0.25) is 4.79 Å². The average molecular weight is 470 g/mol. The standard InChI is InChI=1S/C29H35N5O/c1-19(2)17-33(3)25-11-13-34(18-25)24-7-4-20(5-8-24)23-15-27(28(30)32-16-23)21-6-9-26-22(14-21)10-12-31-29(26)35/h4-9,14-16,19,25H,10-13,17-18H2,1-3H3,(H2,30,32)(H,31,35). The number of nitrogens with zero attached hydrogens (tertiary/aromatic N) is 3. The van der Waals surface area contributed by atoms with E-state index in [0.717, 1.165) is 59.4 Å². The number of rotatable bonds is 6. The van der Waals surface area contributed by atoms with Crippen molar-refractivity contribution in [3.63, 3.8) is 0 Å². The first-order chi connectivity index (χ1) is 16.9. The fraction of sp³-hybridized carbons (Fsp3) is 0.379. The van der Waals surface area contributed by atoms with Crippen LogP contribution in [0.2, 0.25) is 0 Å². The van der Waals surface area contributed by atoms with Crippen LogP contribution in [0.5, 0.6) is 0 Å². The zero-order valence-electron chi connectivity index (χ0n) is 20.9. The summed E-state index contributed by atoms with van der Waals surface area (Å²) >= 11 is 0. The van der Waals surface area contributed by atoms with E-state index in [1.807, 2.05) is 18.3 Å². The van der Waals surface area contributed by atoms with Crippen LogP contribution in [-0.4, -0.2) is 55.1 Å². The van der Waals surface area contributed by atoms with Crippen LogP contribution in [0, 0.1) is 5.92 Å². The molecule has 1 aromatic heterocycles. The number of hydrogen-bond donors (Lipinski definition) is 2. The average Bonchev–Trinajstić information content (AvgIpc) is 3.35. The molecule has 2 aliphatic heterocycles. The third-order valence-corrected chi connectivity index (χ3v) is 7.26. The predicted octanol–water partition coefficient (Wildman–Crippen LogP) is 4.45. The maximum absolute atomic E-state index is 12.1. The molecule has 6 nitrogen and oxygen atoms in total. The molecular weight excluding hydrogens is 434 g/mol. The van der Waals surface area contributed by atoms with Crippen molar-refractivity contribution in [3.8, 4) is 22.3 Å². The Kier molecular flexibility index (Phi) is 6.48. The lowest BCUT2D eigenvalue weighted by molar-refractivity contribution is 0.0946. The van der Waals surface area contributed by atoms with Crippen LogP contribution < -0.4 is 16.0 Å². The largest absolute Gasteiger partial charge is 0.383 e. The lowest BCUT2D eigenvalue weighted by Gasteiger charge is -2.26. The highest BCUT2D eigenvalue weighted by Gasteiger charge is 2.26. The summed E-state index contributed by atoms with van der Waals surface area (Å²) in [5.74, 6) is 1.18. The van der Waals surface area contributed by atoms with Crippen LogP contribution in [0.25, 0.3) is 22.3 Å². The molecule has 0 spiro atoms. The predicted molar refractivity (Wildman–Crippen MR) is 144 cm³/mol. The first-order valence-corrected chi connectivity index (χ1v) is 12.6. The molecule has 3 heterocycles. The number of nitrogen functional groups attached to an aromatic ring is 1. The number of fused-ring (bicyclic) bond motifs is 1. The van der Waals surface area contributed by atoms with Gasteiger partial charge >= 0.3 is 0 Å². The number of nitrogens with two attached hydrogens (primary N) is 1. The number of pyridine rings is 1. The molecule has 0 aliphatic carbocycles. The van der Waals surface area contributed by atoms with Gasteiger partial charge in [0.15, 0.2) is 0 Å². The van der Waals surface area contributed by atoms with Gasteiger partial charge in [-0.25, -0.2) is 4.98 Å². The van der Waals surface area contributed by atoms with Gasteiger partial charge in [0.1, 0.15) is 5.82 Å². The van der Waals surface area contributed by atoms with Gasteiger partial charge in [-0.15, -0.1) is 0 Å². The monoisotopic (exact) mass is 469 g/mol. The molecular formula is C29H35N5O. The molecule has 1 atom stereocenters. The summed E-state index contributed by atoms with van der Waals surface area (Å²) in [6.45, 7) is 8.54. The molecule has 1 fully saturated rings. The molecule has 2 aromatic carbocycles. The SMILES string of the molecule is CC(C)CN(C)C1CCN(c2ccc(-c3cnc(N)c(-c4ccc5c(c4)CCNC5=O)c3)cc2)C1. The number of aromatic nitrogens is 1. The van der Waals surface area contributed by atoms with Crippen molar-refractivity contribution in [1.29, 1.82) is 0 Å². The number of nitrogens with one attached hydrogen (secondary N) is 1. The van der Waals surface area contributed by atoms with Gasteiger partial charge < -0.3 is 20.9 Å². The molecule has 1 unspecified atom stereocenters. The number of amides is 1. The number of carbonyl (C=O) groups is 1. The van der Waals surface area contributed by atoms with Gasteiger partial charge in [-0.1, -0.05) is 38.1 Å². The number of benzene rings is 2. The van der Waals surface area contributed by atoms with Gasteiger partial charge in [0.25, 0.3) is 5.91 Å². The van der Waals surface area contributed by atoms with E-state index in [-0.39, 0.29) is 5.91 Å². The second-order valence-corrected chi connectivity index (χ2v) is 10.3. The summed E-state index contributed by atoms with van der Waals surface area (Å²) in [5.41, 5.74) is 13.4. The van der Waals surface area contributed by atoms with Crippen LogP contribution in [0.15, 0.2) is 54.7 Å². The lowest BCUT2D eigenvalue weighted by Crippen LogP contribution is -2.36. The summed E-state index contributed by atoms with van der Waals surface area (Å²) in [6, 6.07) is 17.4. The first-order valence-electron chi connectivity index (χ1n) is 12.6. The maximum Gasteiger partial charge on any atom is 0.251 e. The molecule has 0 saturated carbocycles. The molecule has 0 radical (unpaired) electrons. The Balaban J connectivity index is 1.34. The Morgan fingerprint density at radius 2 is 1.86 bits per heavy atom. The quantitative estimate of drug-likeness (QED) is 0.558. The van der Waals surface area contributed by atoms with E-state index in [0.29, 0.717) is 24.3 Å². The Morgan fingerprint density at radius 3 is 2.63 bits per heavy atom. The molecule has 3 N–H and O–H groups in total. The second kappa shape index (κ2) is 9.70. The summed E-state index contributed by atoms with van der Waals surface area (Å²) in [5, 5.41) is 2.90. The van der Waals surface area contributed by atoms with E-state index in [2.05, 4.69) is 77.4 Å². The molecule has 2 aliphatic rings. The minimum atomic E-state index is -0.00590. The van der Waals surface area contributed by atoms with Crippen molar-refractivity contribution in [3.05, 3.63) is 65.9 Å². The van der Waals surface area contributed by atoms with Crippen LogP contribution >= 0.6 is 0 Å². The minimum Gasteiger partial charge on any atom is -0.383 e. The summed E-state index contributed by atoms with van der Waals surface area (Å²) in [7, 11) is 2.25. The Labute approximate surface area is 208 Å². The Bertz CT molecular complexity index is 1220. The van der Waals surface area contributed by atoms with Gasteiger partial charge in [-0.05, 0) is 66.8 Å². The summed E-state index contributed by atoms with van der Waals surface area (Å²) in [4.78, 5) is 21.6. The number of likely N-dealkylation sites (N-methyl/N-ethyl adjacent to an activating group) is 1. The molecule has 0 bridgehead atoms. The molecule has 182 valence electrons. The van der Waals surface area contributed by atoms with Crippen molar-refractivity contribution in [1.82, 2.24) is 15.2 Å². The molecule has 5 rings (SSSR count). The molecule has 35 heavy (non-hydrogen) atoms. The van der Waals surface area contributed by atoms with Gasteiger partial charge in [0.2, 0.25) is 0 Å². The van der Waals surface area contributed by atoms with Crippen molar-refractivity contribution < 1.29 is 4.79 Å². The number of anilines is 2. The van der Waals surface area contributed by atoms with E-state index >= 15 is 0 Å². The van der Waals surface area contributed by atoms with Crippen molar-refractivity contribution in [2.75, 3.05) is 43.9 Å². The maximum atomic E-state index is 12.1. The summed E-state index contributed by atoms with van der Waals surface area (Å²) in [6.07, 6.45) is 3.87. The van der Waals surface area contributed by atoms with E-state index < -0.39 is 0 Å². The van der Waals surface area contributed by atoms with Crippen LogP contribution in [0.1, 0.15) is 36.2 Å². The third-order valence-electron chi connectivity index (χ3n) is 7.26. The van der Waals surface area contributed by atoms with E-state index in [1.54, 1.807) is 0 Å². The Morgan fingerprint density at radius 1 is 1.09 bits per heavy atom. The zero-order chi connectivity index (χ0) is 24.5. The van der Waals surface area contributed by atoms with E-state index in [4.69, 9.17) is 5.73 Å². The molecule has 1 saturated heterocycles. The van der Waals surface area contributed by atoms with Crippen molar-refractivity contribution in [2.24, 2.45) is 5.92 Å². The highest BCUT2D eigenvalue weighted by Crippen LogP contribution is 2.33. The third kappa shape index (κ3) is 4.89. The van der Waals surface area contributed by atoms with Crippen LogP contribution in [-0.2, 0) is 6.42 Å². The molecule has 6 heteroatoms. The summed E-state index contributed by atoms with van der Waals surface area (Å²) < 4.78 is 0. The van der Waals surface area contributed by atoms with Gasteiger partial charge in [-0.2, -0.15) is 0 Å². The van der Waals surface area contributed by atoms with E-state index in [9.17, 15) is 4.79 Å². The lowest BCUT2D eigenvalue weighted by atomic mass is 9.94. The van der Waals surface area contributed by atoms with E-state index in [1.165, 1.54) is 12.1 Å². The Hall–Kier alpha value is -3.38. The minimum absolute atomic E-state index is 0.00590. The normalized spacial score (nSPS) is 17.7.